The van der Waals surface area contributed by atoms with Gasteiger partial charge in [-0.05, 0) is 34.1 Å². The first-order valence-corrected chi connectivity index (χ1v) is 6.14. The second kappa shape index (κ2) is 5.37. The predicted molar refractivity (Wildman–Crippen MR) is 58.4 cm³/mol. The van der Waals surface area contributed by atoms with Crippen molar-refractivity contribution in [3.05, 3.63) is 28.2 Å². The van der Waals surface area contributed by atoms with Crippen molar-refractivity contribution in [1.29, 1.82) is 0 Å². The fraction of sp³-hybridized carbons (Fsp3) is 0.222. The van der Waals surface area contributed by atoms with Crippen LogP contribution in [0.1, 0.15) is 10.4 Å². The fourth-order valence-electron chi connectivity index (χ4n) is 0.998. The highest BCUT2D eigenvalue weighted by atomic mass is 79.9. The maximum Gasteiger partial charge on any atom is 0.336 e. The van der Waals surface area contributed by atoms with E-state index < -0.39 is 23.4 Å². The van der Waals surface area contributed by atoms with E-state index in [1.165, 1.54) is 18.2 Å². The monoisotopic (exact) mass is 294 g/mol. The zero-order chi connectivity index (χ0) is 11.4. The van der Waals surface area contributed by atoms with Crippen molar-refractivity contribution in [3.63, 3.8) is 0 Å². The third-order valence-corrected chi connectivity index (χ3v) is 3.69. The van der Waals surface area contributed by atoms with Crippen molar-refractivity contribution in [2.45, 2.75) is 4.90 Å². The largest absolute Gasteiger partial charge is 0.478 e. The Kier molecular flexibility index (Phi) is 4.41. The van der Waals surface area contributed by atoms with E-state index >= 15 is 0 Å². The second-order valence-corrected chi connectivity index (χ2v) is 5.11. The maximum absolute atomic E-state index is 11.9. The number of carbonyl (C=O) groups is 1. The molecule has 0 saturated heterocycles. The Morgan fingerprint density at radius 3 is 2.73 bits per heavy atom. The second-order valence-electron chi connectivity index (χ2n) is 2.69. The van der Waals surface area contributed by atoms with E-state index in [2.05, 4.69) is 15.9 Å². The number of carboxylic acid groups (broad SMARTS) is 1. The van der Waals surface area contributed by atoms with Crippen molar-refractivity contribution >= 4 is 32.7 Å². The highest BCUT2D eigenvalue weighted by molar-refractivity contribution is 9.10. The van der Waals surface area contributed by atoms with Crippen LogP contribution in [-0.2, 0) is 10.8 Å². The van der Waals surface area contributed by atoms with Gasteiger partial charge < -0.3 is 5.11 Å². The lowest BCUT2D eigenvalue weighted by atomic mass is 10.2. The summed E-state index contributed by atoms with van der Waals surface area (Å²) in [4.78, 5) is 11.1. The summed E-state index contributed by atoms with van der Waals surface area (Å²) in [6.07, 6.45) is 0. The molecule has 15 heavy (non-hydrogen) atoms. The molecule has 1 atom stereocenters. The van der Waals surface area contributed by atoms with Crippen LogP contribution in [0.3, 0.4) is 0 Å². The molecule has 0 bridgehead atoms. The molecule has 0 aliphatic rings. The molecule has 0 fully saturated rings. The van der Waals surface area contributed by atoms with Gasteiger partial charge in [-0.2, -0.15) is 0 Å². The number of aromatic carboxylic acids is 1. The van der Waals surface area contributed by atoms with Gasteiger partial charge >= 0.3 is 5.97 Å². The van der Waals surface area contributed by atoms with Gasteiger partial charge in [-0.3, -0.25) is 8.60 Å². The van der Waals surface area contributed by atoms with E-state index in [9.17, 15) is 13.4 Å². The first kappa shape index (κ1) is 12.3. The van der Waals surface area contributed by atoms with Crippen LogP contribution in [-0.4, -0.2) is 27.7 Å². The number of hydrogen-bond acceptors (Lipinski definition) is 2. The van der Waals surface area contributed by atoms with Crippen LogP contribution in [0.5, 0.6) is 0 Å². The molecule has 3 nitrogen and oxygen atoms in total. The highest BCUT2D eigenvalue weighted by Crippen LogP contribution is 2.20. The molecule has 1 aromatic rings. The Balaban J connectivity index is 3.07. The van der Waals surface area contributed by atoms with Crippen LogP contribution in [0.4, 0.5) is 4.39 Å². The average Bonchev–Trinajstić information content (AvgIpc) is 2.18. The number of halogens is 2. The molecule has 1 unspecified atom stereocenters. The van der Waals surface area contributed by atoms with Gasteiger partial charge in [0.1, 0.15) is 6.67 Å². The molecule has 0 aromatic heterocycles. The van der Waals surface area contributed by atoms with Crippen molar-refractivity contribution < 1.29 is 18.5 Å². The molecular formula is C9H8BrFO3S. The number of benzene rings is 1. The van der Waals surface area contributed by atoms with Crippen LogP contribution in [0.15, 0.2) is 27.6 Å². The summed E-state index contributed by atoms with van der Waals surface area (Å²) in [6.45, 7) is -0.689. The van der Waals surface area contributed by atoms with Crippen LogP contribution in [0, 0.1) is 0 Å². The Morgan fingerprint density at radius 2 is 2.20 bits per heavy atom. The van der Waals surface area contributed by atoms with Crippen molar-refractivity contribution in [3.8, 4) is 0 Å². The first-order chi connectivity index (χ1) is 7.06. The van der Waals surface area contributed by atoms with E-state index in [0.29, 0.717) is 9.37 Å². The lowest BCUT2D eigenvalue weighted by molar-refractivity contribution is 0.0695. The molecule has 0 radical (unpaired) electrons. The van der Waals surface area contributed by atoms with E-state index in [1.807, 2.05) is 0 Å². The molecule has 0 spiro atoms. The normalized spacial score (nSPS) is 12.4. The molecule has 0 amide bonds. The van der Waals surface area contributed by atoms with Gasteiger partial charge in [0.25, 0.3) is 0 Å². The molecule has 0 saturated carbocycles. The third-order valence-electron chi connectivity index (χ3n) is 1.69. The summed E-state index contributed by atoms with van der Waals surface area (Å²) in [5.74, 6) is -1.22. The number of carboxylic acids is 1. The SMILES string of the molecule is O=C(O)c1cc(S(=O)CCF)ccc1Br. The molecular weight excluding hydrogens is 287 g/mol. The van der Waals surface area contributed by atoms with Crippen molar-refractivity contribution in [2.75, 3.05) is 12.4 Å². The number of rotatable bonds is 4. The Bertz CT molecular complexity index is 408. The smallest absolute Gasteiger partial charge is 0.336 e. The quantitative estimate of drug-likeness (QED) is 0.926. The average molecular weight is 295 g/mol. The Hall–Kier alpha value is -0.750. The van der Waals surface area contributed by atoms with E-state index in [1.54, 1.807) is 0 Å². The molecule has 0 aliphatic carbocycles. The van der Waals surface area contributed by atoms with Gasteiger partial charge in [-0.15, -0.1) is 0 Å². The molecule has 0 aliphatic heterocycles. The minimum Gasteiger partial charge on any atom is -0.478 e. The minimum atomic E-state index is -1.48. The summed E-state index contributed by atoms with van der Waals surface area (Å²) in [7, 11) is -1.48. The summed E-state index contributed by atoms with van der Waals surface area (Å²) >= 11 is 3.07. The number of alkyl halides is 1. The molecule has 82 valence electrons. The van der Waals surface area contributed by atoms with Crippen molar-refractivity contribution in [1.82, 2.24) is 0 Å². The number of hydrogen-bond donors (Lipinski definition) is 1. The molecule has 1 aromatic carbocycles. The van der Waals surface area contributed by atoms with E-state index in [-0.39, 0.29) is 11.3 Å². The van der Waals surface area contributed by atoms with Gasteiger partial charge in [0.05, 0.1) is 22.1 Å². The van der Waals surface area contributed by atoms with Gasteiger partial charge in [-0.1, -0.05) is 0 Å². The predicted octanol–water partition coefficient (Wildman–Crippen LogP) is 2.22. The summed E-state index contributed by atoms with van der Waals surface area (Å²) in [5.41, 5.74) is 0.0275. The van der Waals surface area contributed by atoms with Crippen LogP contribution >= 0.6 is 15.9 Å². The Labute approximate surface area is 96.9 Å². The lowest BCUT2D eigenvalue weighted by Gasteiger charge is -2.03. The standard InChI is InChI=1S/C9H8BrFO3S/c10-8-2-1-6(15(14)4-3-11)5-7(8)9(12)13/h1-2,5H,3-4H2,(H,12,13). The Morgan fingerprint density at radius 1 is 1.53 bits per heavy atom. The molecule has 1 rings (SSSR count). The zero-order valence-electron chi connectivity index (χ0n) is 7.57. The first-order valence-electron chi connectivity index (χ1n) is 4.03. The summed E-state index contributed by atoms with van der Waals surface area (Å²) in [6, 6.07) is 4.30. The molecule has 1 N–H and O–H groups in total. The van der Waals surface area contributed by atoms with E-state index in [4.69, 9.17) is 5.11 Å². The summed E-state index contributed by atoms with van der Waals surface area (Å²) in [5, 5.41) is 8.80. The fourth-order valence-corrected chi connectivity index (χ4v) is 2.26. The lowest BCUT2D eigenvalue weighted by Crippen LogP contribution is -2.03. The highest BCUT2D eigenvalue weighted by Gasteiger charge is 2.11. The van der Waals surface area contributed by atoms with Crippen molar-refractivity contribution in [2.24, 2.45) is 0 Å². The van der Waals surface area contributed by atoms with Gasteiger partial charge in [0.15, 0.2) is 0 Å². The van der Waals surface area contributed by atoms with E-state index in [0.717, 1.165) is 0 Å². The van der Waals surface area contributed by atoms with Crippen LogP contribution in [0.25, 0.3) is 0 Å². The summed E-state index contributed by atoms with van der Waals surface area (Å²) < 4.78 is 23.8. The topological polar surface area (TPSA) is 54.4 Å². The van der Waals surface area contributed by atoms with Gasteiger partial charge in [0, 0.05) is 9.37 Å². The van der Waals surface area contributed by atoms with Gasteiger partial charge in [0.2, 0.25) is 0 Å². The van der Waals surface area contributed by atoms with Gasteiger partial charge in [-0.25, -0.2) is 4.79 Å². The van der Waals surface area contributed by atoms with Crippen LogP contribution < -0.4 is 0 Å². The molecule has 0 heterocycles. The maximum atomic E-state index is 11.9. The minimum absolute atomic E-state index is 0.0275. The van der Waals surface area contributed by atoms with Crippen LogP contribution in [0.2, 0.25) is 0 Å². The zero-order valence-corrected chi connectivity index (χ0v) is 9.98. The molecule has 6 heteroatoms. The third kappa shape index (κ3) is 3.10.